The molecule has 0 unspecified atom stereocenters. The number of hydrogen-bond acceptors (Lipinski definition) is 4. The van der Waals surface area contributed by atoms with Gasteiger partial charge in [-0.2, -0.15) is 4.98 Å². The summed E-state index contributed by atoms with van der Waals surface area (Å²) in [4.78, 5) is 31.9. The number of amides is 1. The standard InChI is InChI=1S/C23H25FN4O2/c1-15-6-5-11-27(13-15)22-18-7-3-4-8-20(18)28(23(30)26-22)14-21(29)25-17-10-9-16(2)19(24)12-17/h3-4,7-10,12,15H,5-6,11,13-14H2,1-2H3,(H,25,29)/t15-/m1/s1. The van der Waals surface area contributed by atoms with Gasteiger partial charge in [-0.25, -0.2) is 9.18 Å². The molecule has 0 aliphatic carbocycles. The van der Waals surface area contributed by atoms with Crippen LogP contribution in [-0.2, 0) is 11.3 Å². The van der Waals surface area contributed by atoms with E-state index in [0.29, 0.717) is 28.5 Å². The molecule has 0 spiro atoms. The number of carbonyl (C=O) groups is 1. The van der Waals surface area contributed by atoms with Gasteiger partial charge in [0.1, 0.15) is 18.2 Å². The third-order valence-corrected chi connectivity index (χ3v) is 5.58. The fourth-order valence-electron chi connectivity index (χ4n) is 4.00. The summed E-state index contributed by atoms with van der Waals surface area (Å²) in [5.74, 6) is 0.422. The van der Waals surface area contributed by atoms with E-state index in [1.165, 1.54) is 17.1 Å². The van der Waals surface area contributed by atoms with Crippen molar-refractivity contribution in [3.8, 4) is 0 Å². The maximum atomic E-state index is 13.8. The predicted octanol–water partition coefficient (Wildman–Crippen LogP) is 3.72. The third kappa shape index (κ3) is 4.06. The van der Waals surface area contributed by atoms with Gasteiger partial charge in [-0.3, -0.25) is 9.36 Å². The topological polar surface area (TPSA) is 67.2 Å². The van der Waals surface area contributed by atoms with Crippen LogP contribution in [0.15, 0.2) is 47.3 Å². The summed E-state index contributed by atoms with van der Waals surface area (Å²) in [7, 11) is 0. The zero-order valence-electron chi connectivity index (χ0n) is 17.2. The maximum absolute atomic E-state index is 13.8. The van der Waals surface area contributed by atoms with Gasteiger partial charge >= 0.3 is 5.69 Å². The number of nitrogens with zero attached hydrogens (tertiary/aromatic N) is 3. The molecule has 0 saturated carbocycles. The van der Waals surface area contributed by atoms with Crippen LogP contribution in [0.3, 0.4) is 0 Å². The van der Waals surface area contributed by atoms with E-state index in [9.17, 15) is 14.0 Å². The highest BCUT2D eigenvalue weighted by Crippen LogP contribution is 2.27. The molecule has 1 atom stereocenters. The first kappa shape index (κ1) is 20.1. The van der Waals surface area contributed by atoms with Crippen molar-refractivity contribution < 1.29 is 9.18 Å². The second-order valence-corrected chi connectivity index (χ2v) is 8.03. The summed E-state index contributed by atoms with van der Waals surface area (Å²) < 4.78 is 15.1. The zero-order chi connectivity index (χ0) is 21.3. The predicted molar refractivity (Wildman–Crippen MR) is 116 cm³/mol. The fourth-order valence-corrected chi connectivity index (χ4v) is 4.00. The highest BCUT2D eigenvalue weighted by atomic mass is 19.1. The number of anilines is 2. The second-order valence-electron chi connectivity index (χ2n) is 8.03. The first-order chi connectivity index (χ1) is 14.4. The van der Waals surface area contributed by atoms with Gasteiger partial charge in [-0.15, -0.1) is 0 Å². The number of fused-ring (bicyclic) bond motifs is 1. The minimum Gasteiger partial charge on any atom is -0.356 e. The van der Waals surface area contributed by atoms with E-state index >= 15 is 0 Å². The molecule has 0 radical (unpaired) electrons. The van der Waals surface area contributed by atoms with Crippen molar-refractivity contribution >= 4 is 28.3 Å². The van der Waals surface area contributed by atoms with Crippen LogP contribution < -0.4 is 15.9 Å². The maximum Gasteiger partial charge on any atom is 0.350 e. The minimum atomic E-state index is -0.466. The number of carbonyl (C=O) groups excluding carboxylic acids is 1. The summed E-state index contributed by atoms with van der Waals surface area (Å²) >= 11 is 0. The molecule has 1 saturated heterocycles. The van der Waals surface area contributed by atoms with Crippen molar-refractivity contribution in [2.24, 2.45) is 5.92 Å². The fraction of sp³-hybridized carbons (Fsp3) is 0.348. The Morgan fingerprint density at radius 3 is 2.83 bits per heavy atom. The van der Waals surface area contributed by atoms with Gasteiger partial charge in [0, 0.05) is 24.2 Å². The number of halogens is 1. The van der Waals surface area contributed by atoms with Crippen LogP contribution in [0, 0.1) is 18.7 Å². The van der Waals surface area contributed by atoms with E-state index < -0.39 is 17.4 Å². The van der Waals surface area contributed by atoms with Crippen LogP contribution >= 0.6 is 0 Å². The molecule has 3 aromatic rings. The molecule has 1 fully saturated rings. The molecule has 1 N–H and O–H groups in total. The zero-order valence-corrected chi connectivity index (χ0v) is 17.2. The van der Waals surface area contributed by atoms with E-state index in [4.69, 9.17) is 0 Å². The molecule has 1 aliphatic rings. The van der Waals surface area contributed by atoms with Crippen LogP contribution in [0.1, 0.15) is 25.3 Å². The SMILES string of the molecule is Cc1ccc(NC(=O)Cn2c(=O)nc(N3CCC[C@@H](C)C3)c3ccccc32)cc1F. The van der Waals surface area contributed by atoms with Gasteiger partial charge in [-0.05, 0) is 55.5 Å². The van der Waals surface area contributed by atoms with E-state index in [-0.39, 0.29) is 6.54 Å². The first-order valence-electron chi connectivity index (χ1n) is 10.2. The van der Waals surface area contributed by atoms with Gasteiger partial charge in [0.25, 0.3) is 0 Å². The van der Waals surface area contributed by atoms with Crippen molar-refractivity contribution in [2.75, 3.05) is 23.3 Å². The average molecular weight is 408 g/mol. The molecule has 6 nitrogen and oxygen atoms in total. The molecule has 0 bridgehead atoms. The molecular weight excluding hydrogens is 383 g/mol. The number of nitrogens with one attached hydrogen (secondary N) is 1. The molecule has 2 aromatic carbocycles. The average Bonchev–Trinajstić information content (AvgIpc) is 2.72. The van der Waals surface area contributed by atoms with Gasteiger partial charge in [0.05, 0.1) is 5.52 Å². The van der Waals surface area contributed by atoms with E-state index in [0.717, 1.165) is 24.9 Å². The monoisotopic (exact) mass is 408 g/mol. The molecular formula is C23H25FN4O2. The quantitative estimate of drug-likeness (QED) is 0.715. The molecule has 1 aromatic heterocycles. The summed E-state index contributed by atoms with van der Waals surface area (Å²) in [6.07, 6.45) is 2.24. The summed E-state index contributed by atoms with van der Waals surface area (Å²) in [6.45, 7) is 5.39. The molecule has 2 heterocycles. The van der Waals surface area contributed by atoms with Crippen LogP contribution in [0.4, 0.5) is 15.9 Å². The van der Waals surface area contributed by atoms with Crippen LogP contribution in [0.25, 0.3) is 10.9 Å². The summed E-state index contributed by atoms with van der Waals surface area (Å²) in [6, 6.07) is 12.0. The third-order valence-electron chi connectivity index (χ3n) is 5.58. The summed E-state index contributed by atoms with van der Waals surface area (Å²) in [5.41, 5.74) is 1.05. The Morgan fingerprint density at radius 2 is 2.07 bits per heavy atom. The van der Waals surface area contributed by atoms with Gasteiger partial charge in [-0.1, -0.05) is 25.1 Å². The lowest BCUT2D eigenvalue weighted by molar-refractivity contribution is -0.116. The van der Waals surface area contributed by atoms with Crippen molar-refractivity contribution in [1.82, 2.24) is 9.55 Å². The molecule has 1 amide bonds. The minimum absolute atomic E-state index is 0.196. The number of rotatable bonds is 4. The largest absolute Gasteiger partial charge is 0.356 e. The summed E-state index contributed by atoms with van der Waals surface area (Å²) in [5, 5.41) is 3.50. The lowest BCUT2D eigenvalue weighted by Crippen LogP contribution is -2.38. The molecule has 156 valence electrons. The number of piperidine rings is 1. The van der Waals surface area contributed by atoms with E-state index in [1.807, 2.05) is 24.3 Å². The highest BCUT2D eigenvalue weighted by molar-refractivity contribution is 5.93. The van der Waals surface area contributed by atoms with Crippen molar-refractivity contribution in [1.29, 1.82) is 0 Å². The van der Waals surface area contributed by atoms with Crippen LogP contribution in [0.2, 0.25) is 0 Å². The Hall–Kier alpha value is -3.22. The Labute approximate surface area is 174 Å². The Bertz CT molecular complexity index is 1160. The van der Waals surface area contributed by atoms with Crippen molar-refractivity contribution in [3.05, 3.63) is 64.3 Å². The van der Waals surface area contributed by atoms with Crippen molar-refractivity contribution in [2.45, 2.75) is 33.2 Å². The highest BCUT2D eigenvalue weighted by Gasteiger charge is 2.22. The Morgan fingerprint density at radius 1 is 1.27 bits per heavy atom. The number of aryl methyl sites for hydroxylation is 1. The molecule has 30 heavy (non-hydrogen) atoms. The lowest BCUT2D eigenvalue weighted by atomic mass is 10.00. The van der Waals surface area contributed by atoms with Gasteiger partial charge < -0.3 is 10.2 Å². The van der Waals surface area contributed by atoms with Crippen LogP contribution in [-0.4, -0.2) is 28.5 Å². The molecule has 1 aliphatic heterocycles. The van der Waals surface area contributed by atoms with Gasteiger partial charge in [0.15, 0.2) is 0 Å². The van der Waals surface area contributed by atoms with E-state index in [1.54, 1.807) is 19.1 Å². The smallest absolute Gasteiger partial charge is 0.350 e. The Balaban J connectivity index is 1.65. The van der Waals surface area contributed by atoms with Gasteiger partial charge in [0.2, 0.25) is 5.91 Å². The Kier molecular flexibility index (Phi) is 5.53. The lowest BCUT2D eigenvalue weighted by Gasteiger charge is -2.32. The molecule has 4 rings (SSSR count). The van der Waals surface area contributed by atoms with Crippen LogP contribution in [0.5, 0.6) is 0 Å². The second kappa shape index (κ2) is 8.26. The number of para-hydroxylation sites is 1. The number of benzene rings is 2. The first-order valence-corrected chi connectivity index (χ1v) is 10.2. The normalized spacial score (nSPS) is 16.6. The number of hydrogen-bond donors (Lipinski definition) is 1. The number of aromatic nitrogens is 2. The van der Waals surface area contributed by atoms with E-state index in [2.05, 4.69) is 22.1 Å². The molecule has 7 heteroatoms. The van der Waals surface area contributed by atoms with Crippen molar-refractivity contribution in [3.63, 3.8) is 0 Å².